The first-order valence-electron chi connectivity index (χ1n) is 6.68. The van der Waals surface area contributed by atoms with Gasteiger partial charge in [0, 0.05) is 15.8 Å². The molecule has 2 rings (SSSR count). The standard InChI is InChI=1S/C14H16BrN3OS2/c1-2-3-8-20-14-18-17-13(21-14)16-9-12(19)10-4-6-11(15)7-5-10/h4-7H,2-3,8-9H2,1H3,(H,16,17). The number of ketones is 1. The van der Waals surface area contributed by atoms with E-state index in [4.69, 9.17) is 0 Å². The number of Topliss-reactive ketones (excluding diaryl/α,β-unsaturated/α-hetero) is 1. The number of anilines is 1. The van der Waals surface area contributed by atoms with Gasteiger partial charge in [0.15, 0.2) is 10.1 Å². The normalized spacial score (nSPS) is 10.6. The van der Waals surface area contributed by atoms with E-state index in [0.717, 1.165) is 14.6 Å². The minimum absolute atomic E-state index is 0.0397. The summed E-state index contributed by atoms with van der Waals surface area (Å²) < 4.78 is 1.91. The third-order valence-electron chi connectivity index (χ3n) is 2.70. The SMILES string of the molecule is CCCCSc1nnc(NCC(=O)c2ccc(Br)cc2)s1. The zero-order valence-electron chi connectivity index (χ0n) is 11.6. The zero-order valence-corrected chi connectivity index (χ0v) is 14.9. The van der Waals surface area contributed by atoms with Crippen LogP contribution in [-0.4, -0.2) is 28.3 Å². The van der Waals surface area contributed by atoms with Gasteiger partial charge in [-0.3, -0.25) is 4.79 Å². The fourth-order valence-electron chi connectivity index (χ4n) is 1.54. The smallest absolute Gasteiger partial charge is 0.206 e. The summed E-state index contributed by atoms with van der Waals surface area (Å²) in [6.45, 7) is 2.40. The Morgan fingerprint density at radius 1 is 1.33 bits per heavy atom. The van der Waals surface area contributed by atoms with Crippen molar-refractivity contribution < 1.29 is 4.79 Å². The van der Waals surface area contributed by atoms with Crippen molar-refractivity contribution in [1.82, 2.24) is 10.2 Å². The molecular weight excluding hydrogens is 370 g/mol. The average molecular weight is 386 g/mol. The van der Waals surface area contributed by atoms with E-state index in [1.165, 1.54) is 24.2 Å². The van der Waals surface area contributed by atoms with Crippen LogP contribution in [-0.2, 0) is 0 Å². The molecule has 0 saturated carbocycles. The molecule has 1 aromatic heterocycles. The Morgan fingerprint density at radius 3 is 2.81 bits per heavy atom. The Kier molecular flexibility index (Phi) is 6.66. The first-order chi connectivity index (χ1) is 10.2. The zero-order chi connectivity index (χ0) is 15.1. The van der Waals surface area contributed by atoms with E-state index in [1.54, 1.807) is 23.9 Å². The number of nitrogens with one attached hydrogen (secondary N) is 1. The minimum Gasteiger partial charge on any atom is -0.353 e. The first kappa shape index (κ1) is 16.5. The lowest BCUT2D eigenvalue weighted by Crippen LogP contribution is -2.13. The van der Waals surface area contributed by atoms with Crippen LogP contribution in [0, 0.1) is 0 Å². The number of rotatable bonds is 8. The van der Waals surface area contributed by atoms with Crippen LogP contribution in [0.2, 0.25) is 0 Å². The van der Waals surface area contributed by atoms with Gasteiger partial charge in [-0.15, -0.1) is 10.2 Å². The van der Waals surface area contributed by atoms with Crippen molar-refractivity contribution in [1.29, 1.82) is 0 Å². The van der Waals surface area contributed by atoms with Crippen molar-refractivity contribution in [2.75, 3.05) is 17.6 Å². The number of halogens is 1. The number of carbonyl (C=O) groups excluding carboxylic acids is 1. The summed E-state index contributed by atoms with van der Waals surface area (Å²) in [5, 5.41) is 11.9. The molecule has 0 radical (unpaired) electrons. The molecule has 4 nitrogen and oxygen atoms in total. The molecule has 0 aliphatic carbocycles. The fourth-order valence-corrected chi connectivity index (χ4v) is 3.70. The fraction of sp³-hybridized carbons (Fsp3) is 0.357. The van der Waals surface area contributed by atoms with Gasteiger partial charge in [-0.25, -0.2) is 0 Å². The van der Waals surface area contributed by atoms with E-state index >= 15 is 0 Å². The van der Waals surface area contributed by atoms with Crippen molar-refractivity contribution in [2.24, 2.45) is 0 Å². The summed E-state index contributed by atoms with van der Waals surface area (Å²) >= 11 is 6.56. The molecule has 0 spiro atoms. The molecule has 112 valence electrons. The quantitative estimate of drug-likeness (QED) is 0.412. The van der Waals surface area contributed by atoms with Crippen molar-refractivity contribution in [2.45, 2.75) is 24.1 Å². The topological polar surface area (TPSA) is 54.9 Å². The second kappa shape index (κ2) is 8.51. The van der Waals surface area contributed by atoms with Crippen LogP contribution in [0.5, 0.6) is 0 Å². The molecule has 1 heterocycles. The van der Waals surface area contributed by atoms with Crippen LogP contribution in [0.25, 0.3) is 0 Å². The predicted octanol–water partition coefficient (Wildman–Crippen LogP) is 4.49. The second-order valence-electron chi connectivity index (χ2n) is 4.36. The van der Waals surface area contributed by atoms with Crippen molar-refractivity contribution in [3.8, 4) is 0 Å². The lowest BCUT2D eigenvalue weighted by atomic mass is 10.1. The molecule has 7 heteroatoms. The lowest BCUT2D eigenvalue weighted by Gasteiger charge is -2.01. The van der Waals surface area contributed by atoms with Gasteiger partial charge < -0.3 is 5.32 Å². The minimum atomic E-state index is 0.0397. The molecule has 0 fully saturated rings. The number of unbranched alkanes of at least 4 members (excludes halogenated alkanes) is 1. The number of aromatic nitrogens is 2. The van der Waals surface area contributed by atoms with Crippen molar-refractivity contribution in [3.63, 3.8) is 0 Å². The Balaban J connectivity index is 1.82. The maximum atomic E-state index is 12.0. The highest BCUT2D eigenvalue weighted by molar-refractivity contribution is 9.10. The molecule has 1 aromatic carbocycles. The molecule has 0 unspecified atom stereocenters. The van der Waals surface area contributed by atoms with E-state index in [2.05, 4.69) is 38.4 Å². The molecule has 21 heavy (non-hydrogen) atoms. The lowest BCUT2D eigenvalue weighted by molar-refractivity contribution is 0.101. The van der Waals surface area contributed by atoms with Gasteiger partial charge in [0.25, 0.3) is 0 Å². The number of hydrogen-bond donors (Lipinski definition) is 1. The van der Waals surface area contributed by atoms with Crippen LogP contribution in [0.4, 0.5) is 5.13 Å². The average Bonchev–Trinajstić information content (AvgIpc) is 2.94. The molecule has 2 aromatic rings. The Morgan fingerprint density at radius 2 is 2.10 bits per heavy atom. The highest BCUT2D eigenvalue weighted by Crippen LogP contribution is 2.26. The van der Waals surface area contributed by atoms with E-state index in [1.807, 2.05) is 12.1 Å². The molecule has 0 amide bonds. The van der Waals surface area contributed by atoms with Crippen LogP contribution in [0.15, 0.2) is 33.1 Å². The highest BCUT2D eigenvalue weighted by Gasteiger charge is 2.08. The van der Waals surface area contributed by atoms with Crippen LogP contribution >= 0.6 is 39.0 Å². The Labute approximate surface area is 140 Å². The van der Waals surface area contributed by atoms with E-state index in [0.29, 0.717) is 10.7 Å². The predicted molar refractivity (Wildman–Crippen MR) is 92.5 cm³/mol. The van der Waals surface area contributed by atoms with Crippen LogP contribution < -0.4 is 5.32 Å². The van der Waals surface area contributed by atoms with Gasteiger partial charge in [-0.2, -0.15) is 0 Å². The van der Waals surface area contributed by atoms with E-state index in [9.17, 15) is 4.79 Å². The molecule has 0 atom stereocenters. The Bertz CT molecular complexity index is 586. The van der Waals surface area contributed by atoms with Crippen LogP contribution in [0.1, 0.15) is 30.1 Å². The third kappa shape index (κ3) is 5.41. The van der Waals surface area contributed by atoms with E-state index < -0.39 is 0 Å². The maximum Gasteiger partial charge on any atom is 0.206 e. The van der Waals surface area contributed by atoms with Crippen molar-refractivity contribution in [3.05, 3.63) is 34.3 Å². The molecule has 1 N–H and O–H groups in total. The number of benzene rings is 1. The third-order valence-corrected chi connectivity index (χ3v) is 5.33. The second-order valence-corrected chi connectivity index (χ2v) is 7.59. The first-order valence-corrected chi connectivity index (χ1v) is 9.27. The highest BCUT2D eigenvalue weighted by atomic mass is 79.9. The van der Waals surface area contributed by atoms with Crippen molar-refractivity contribution >= 4 is 49.9 Å². The number of hydrogen-bond acceptors (Lipinski definition) is 6. The Hall–Kier alpha value is -0.920. The molecular formula is C14H16BrN3OS2. The monoisotopic (exact) mass is 385 g/mol. The molecule has 0 saturated heterocycles. The summed E-state index contributed by atoms with van der Waals surface area (Å²) in [5.41, 5.74) is 0.688. The van der Waals surface area contributed by atoms with E-state index in [-0.39, 0.29) is 12.3 Å². The summed E-state index contributed by atoms with van der Waals surface area (Å²) in [6.07, 6.45) is 2.35. The van der Waals surface area contributed by atoms with Gasteiger partial charge in [0.2, 0.25) is 5.13 Å². The molecule has 0 aliphatic rings. The number of carbonyl (C=O) groups is 1. The summed E-state index contributed by atoms with van der Waals surface area (Å²) in [5.74, 6) is 1.10. The number of thioether (sulfide) groups is 1. The summed E-state index contributed by atoms with van der Waals surface area (Å²) in [6, 6.07) is 7.34. The maximum absolute atomic E-state index is 12.0. The molecule has 0 bridgehead atoms. The largest absolute Gasteiger partial charge is 0.353 e. The van der Waals surface area contributed by atoms with Gasteiger partial charge in [0.05, 0.1) is 6.54 Å². The van der Waals surface area contributed by atoms with Gasteiger partial charge >= 0.3 is 0 Å². The summed E-state index contributed by atoms with van der Waals surface area (Å²) in [7, 11) is 0. The van der Waals surface area contributed by atoms with Gasteiger partial charge in [0.1, 0.15) is 0 Å². The van der Waals surface area contributed by atoms with Gasteiger partial charge in [-0.05, 0) is 18.6 Å². The summed E-state index contributed by atoms with van der Waals surface area (Å²) in [4.78, 5) is 12.0. The molecule has 0 aliphatic heterocycles. The van der Waals surface area contributed by atoms with Gasteiger partial charge in [-0.1, -0.05) is 64.5 Å². The van der Waals surface area contributed by atoms with Crippen LogP contribution in [0.3, 0.4) is 0 Å². The number of nitrogens with zero attached hydrogens (tertiary/aromatic N) is 2.